The van der Waals surface area contributed by atoms with Crippen LogP contribution >= 0.6 is 11.8 Å². The molecule has 3 aromatic rings. The normalized spacial score (nSPS) is 10.7. The summed E-state index contributed by atoms with van der Waals surface area (Å²) in [6.07, 6.45) is 0. The number of hydrogen-bond donors (Lipinski definition) is 0. The van der Waals surface area contributed by atoms with Gasteiger partial charge in [-0.1, -0.05) is 60.3 Å². The summed E-state index contributed by atoms with van der Waals surface area (Å²) in [6, 6.07) is 22.3. The number of carbonyl (C=O) groups excluding carboxylic acids is 1. The number of fused-ring (bicyclic) bond motifs is 1. The molecular formula is C18H14OS. The molecule has 0 aliphatic heterocycles. The van der Waals surface area contributed by atoms with Crippen molar-refractivity contribution in [3.63, 3.8) is 0 Å². The summed E-state index contributed by atoms with van der Waals surface area (Å²) in [4.78, 5) is 14.2. The average molecular weight is 278 g/mol. The van der Waals surface area contributed by atoms with Crippen LogP contribution in [0.1, 0.15) is 17.3 Å². The van der Waals surface area contributed by atoms with Crippen molar-refractivity contribution in [2.45, 2.75) is 16.7 Å². The number of ketones is 1. The fraction of sp³-hybridized carbons (Fsp3) is 0.0556. The molecule has 0 spiro atoms. The summed E-state index contributed by atoms with van der Waals surface area (Å²) in [7, 11) is 0. The van der Waals surface area contributed by atoms with E-state index >= 15 is 0 Å². The molecule has 3 aromatic carbocycles. The van der Waals surface area contributed by atoms with Gasteiger partial charge in [-0.2, -0.15) is 0 Å². The third kappa shape index (κ3) is 2.47. The molecule has 0 heterocycles. The van der Waals surface area contributed by atoms with Gasteiger partial charge >= 0.3 is 0 Å². The maximum absolute atomic E-state index is 12.1. The lowest BCUT2D eigenvalue weighted by atomic mass is 10.0. The molecule has 0 aliphatic rings. The first-order valence-electron chi connectivity index (χ1n) is 6.51. The maximum atomic E-state index is 12.1. The second kappa shape index (κ2) is 5.51. The molecule has 0 N–H and O–H groups in total. The Morgan fingerprint density at radius 1 is 0.850 bits per heavy atom. The van der Waals surface area contributed by atoms with E-state index in [1.54, 1.807) is 18.7 Å². The Hall–Kier alpha value is -2.06. The minimum absolute atomic E-state index is 0.111. The van der Waals surface area contributed by atoms with Gasteiger partial charge in [0.25, 0.3) is 0 Å². The molecule has 20 heavy (non-hydrogen) atoms. The van der Waals surface area contributed by atoms with E-state index in [0.29, 0.717) is 0 Å². The van der Waals surface area contributed by atoms with Crippen LogP contribution in [0, 0.1) is 0 Å². The van der Waals surface area contributed by atoms with E-state index in [1.807, 2.05) is 48.5 Å². The monoisotopic (exact) mass is 278 g/mol. The Bertz CT molecular complexity index is 763. The van der Waals surface area contributed by atoms with Crippen molar-refractivity contribution in [2.75, 3.05) is 0 Å². The van der Waals surface area contributed by atoms with Gasteiger partial charge in [0.05, 0.1) is 0 Å². The summed E-state index contributed by atoms with van der Waals surface area (Å²) in [5.41, 5.74) is 0.817. The molecule has 0 unspecified atom stereocenters. The van der Waals surface area contributed by atoms with Crippen molar-refractivity contribution in [3.8, 4) is 0 Å². The van der Waals surface area contributed by atoms with Gasteiger partial charge in [0.15, 0.2) is 5.78 Å². The van der Waals surface area contributed by atoms with E-state index in [0.717, 1.165) is 26.1 Å². The van der Waals surface area contributed by atoms with E-state index in [1.165, 1.54) is 0 Å². The Morgan fingerprint density at radius 2 is 1.55 bits per heavy atom. The molecular weight excluding hydrogens is 264 g/mol. The van der Waals surface area contributed by atoms with Gasteiger partial charge in [-0.3, -0.25) is 4.79 Å². The van der Waals surface area contributed by atoms with Crippen molar-refractivity contribution in [3.05, 3.63) is 72.3 Å². The quantitative estimate of drug-likeness (QED) is 0.613. The highest BCUT2D eigenvalue weighted by Gasteiger charge is 2.12. The zero-order valence-electron chi connectivity index (χ0n) is 11.2. The first kappa shape index (κ1) is 12.9. The predicted molar refractivity (Wildman–Crippen MR) is 84.5 cm³/mol. The van der Waals surface area contributed by atoms with Gasteiger partial charge < -0.3 is 0 Å². The standard InChI is InChI=1S/C18H14OS/c1-13(19)18-16-10-6-5-7-14(16)11-12-17(18)20-15-8-3-2-4-9-15/h2-12H,1H3. The Morgan fingerprint density at radius 3 is 2.30 bits per heavy atom. The Balaban J connectivity index is 2.15. The van der Waals surface area contributed by atoms with Crippen LogP contribution in [0.25, 0.3) is 10.8 Å². The zero-order valence-corrected chi connectivity index (χ0v) is 12.0. The minimum atomic E-state index is 0.111. The second-order valence-corrected chi connectivity index (χ2v) is 5.75. The number of benzene rings is 3. The molecule has 0 saturated heterocycles. The molecule has 0 aromatic heterocycles. The van der Waals surface area contributed by atoms with Crippen molar-refractivity contribution in [2.24, 2.45) is 0 Å². The van der Waals surface area contributed by atoms with E-state index in [4.69, 9.17) is 0 Å². The van der Waals surface area contributed by atoms with Crippen LogP contribution in [0.2, 0.25) is 0 Å². The first-order chi connectivity index (χ1) is 9.75. The Kier molecular flexibility index (Phi) is 3.57. The van der Waals surface area contributed by atoms with Crippen LogP contribution in [0.5, 0.6) is 0 Å². The first-order valence-corrected chi connectivity index (χ1v) is 7.33. The van der Waals surface area contributed by atoms with Crippen molar-refractivity contribution >= 4 is 28.3 Å². The van der Waals surface area contributed by atoms with Crippen LogP contribution < -0.4 is 0 Å². The van der Waals surface area contributed by atoms with E-state index in [9.17, 15) is 4.79 Å². The molecule has 2 heteroatoms. The maximum Gasteiger partial charge on any atom is 0.161 e. The van der Waals surface area contributed by atoms with Crippen LogP contribution in [-0.2, 0) is 0 Å². The van der Waals surface area contributed by atoms with Gasteiger partial charge in [-0.05, 0) is 35.9 Å². The SMILES string of the molecule is CC(=O)c1c(Sc2ccccc2)ccc2ccccc12. The molecule has 0 radical (unpaired) electrons. The lowest BCUT2D eigenvalue weighted by Crippen LogP contribution is -1.97. The third-order valence-corrected chi connectivity index (χ3v) is 4.28. The van der Waals surface area contributed by atoms with E-state index in [-0.39, 0.29) is 5.78 Å². The molecule has 98 valence electrons. The van der Waals surface area contributed by atoms with Gasteiger partial charge in [-0.25, -0.2) is 0 Å². The molecule has 0 bridgehead atoms. The minimum Gasteiger partial charge on any atom is -0.294 e. The van der Waals surface area contributed by atoms with Gasteiger partial charge in [0.1, 0.15) is 0 Å². The summed E-state index contributed by atoms with van der Waals surface area (Å²) < 4.78 is 0. The van der Waals surface area contributed by atoms with Crippen LogP contribution in [-0.4, -0.2) is 5.78 Å². The zero-order chi connectivity index (χ0) is 13.9. The van der Waals surface area contributed by atoms with Gasteiger partial charge in [-0.15, -0.1) is 0 Å². The van der Waals surface area contributed by atoms with E-state index < -0.39 is 0 Å². The van der Waals surface area contributed by atoms with Gasteiger partial charge in [0.2, 0.25) is 0 Å². The highest BCUT2D eigenvalue weighted by atomic mass is 32.2. The largest absolute Gasteiger partial charge is 0.294 e. The number of Topliss-reactive ketones (excluding diaryl/α,β-unsaturated/α-hetero) is 1. The topological polar surface area (TPSA) is 17.1 Å². The summed E-state index contributed by atoms with van der Waals surface area (Å²) >= 11 is 1.64. The number of carbonyl (C=O) groups is 1. The van der Waals surface area contributed by atoms with E-state index in [2.05, 4.69) is 18.2 Å². The van der Waals surface area contributed by atoms with Crippen molar-refractivity contribution < 1.29 is 4.79 Å². The van der Waals surface area contributed by atoms with Crippen LogP contribution in [0.15, 0.2) is 76.5 Å². The lowest BCUT2D eigenvalue weighted by Gasteiger charge is -2.10. The molecule has 0 amide bonds. The number of rotatable bonds is 3. The van der Waals surface area contributed by atoms with Gasteiger partial charge in [0, 0.05) is 15.4 Å². The number of hydrogen-bond acceptors (Lipinski definition) is 2. The lowest BCUT2D eigenvalue weighted by molar-refractivity contribution is 0.101. The van der Waals surface area contributed by atoms with Crippen molar-refractivity contribution in [1.29, 1.82) is 0 Å². The summed E-state index contributed by atoms with van der Waals surface area (Å²) in [5.74, 6) is 0.111. The molecule has 0 aliphatic carbocycles. The predicted octanol–water partition coefficient (Wildman–Crippen LogP) is 5.19. The van der Waals surface area contributed by atoms with Crippen molar-refractivity contribution in [1.82, 2.24) is 0 Å². The smallest absolute Gasteiger partial charge is 0.161 e. The van der Waals surface area contributed by atoms with Crippen LogP contribution in [0.3, 0.4) is 0 Å². The Labute approximate surface area is 122 Å². The molecule has 0 atom stereocenters. The fourth-order valence-electron chi connectivity index (χ4n) is 2.32. The summed E-state index contributed by atoms with van der Waals surface area (Å²) in [6.45, 7) is 1.64. The highest BCUT2D eigenvalue weighted by molar-refractivity contribution is 7.99. The fourth-order valence-corrected chi connectivity index (χ4v) is 3.35. The molecule has 0 saturated carbocycles. The second-order valence-electron chi connectivity index (χ2n) is 4.63. The van der Waals surface area contributed by atoms with Crippen LogP contribution in [0.4, 0.5) is 0 Å². The molecule has 1 nitrogen and oxygen atoms in total. The highest BCUT2D eigenvalue weighted by Crippen LogP contribution is 2.34. The average Bonchev–Trinajstić information content (AvgIpc) is 2.47. The molecule has 3 rings (SSSR count). The summed E-state index contributed by atoms with van der Waals surface area (Å²) in [5, 5.41) is 2.14. The molecule has 0 fully saturated rings. The third-order valence-electron chi connectivity index (χ3n) is 3.21.